The molecule has 3 nitrogen and oxygen atoms in total. The van der Waals surface area contributed by atoms with E-state index in [4.69, 9.17) is 0 Å². The van der Waals surface area contributed by atoms with Crippen molar-refractivity contribution in [3.8, 4) is 0 Å². The molecule has 0 radical (unpaired) electrons. The van der Waals surface area contributed by atoms with Crippen LogP contribution in [0.1, 0.15) is 45.4 Å². The molecule has 1 amide bonds. The van der Waals surface area contributed by atoms with E-state index in [1.165, 1.54) is 43.4 Å². The molecule has 2 aliphatic rings. The van der Waals surface area contributed by atoms with Crippen LogP contribution in [0, 0.1) is 5.92 Å². The minimum absolute atomic E-state index is 0.102. The number of fused-ring (bicyclic) bond motifs is 1. The first-order valence-electron chi connectivity index (χ1n) is 8.08. The number of thioether (sulfide) groups is 1. The lowest BCUT2D eigenvalue weighted by atomic mass is 9.98. The third kappa shape index (κ3) is 3.73. The predicted molar refractivity (Wildman–Crippen MR) is 90.1 cm³/mol. The molecule has 1 saturated carbocycles. The van der Waals surface area contributed by atoms with Crippen molar-refractivity contribution in [1.29, 1.82) is 0 Å². The van der Waals surface area contributed by atoms with Gasteiger partial charge in [0.2, 0.25) is 5.91 Å². The second-order valence-corrected chi connectivity index (χ2v) is 7.19. The Morgan fingerprint density at radius 2 is 2.19 bits per heavy atom. The highest BCUT2D eigenvalue weighted by Crippen LogP contribution is 2.34. The predicted octanol–water partition coefficient (Wildman–Crippen LogP) is 4.50. The largest absolute Gasteiger partial charge is 0.382 e. The van der Waals surface area contributed by atoms with Gasteiger partial charge in [0, 0.05) is 16.6 Å². The van der Waals surface area contributed by atoms with E-state index in [1.54, 1.807) is 11.8 Å². The van der Waals surface area contributed by atoms with Crippen molar-refractivity contribution in [1.82, 2.24) is 0 Å². The molecule has 4 heteroatoms. The molecule has 1 aromatic carbocycles. The quantitative estimate of drug-likeness (QED) is 0.808. The normalized spacial score (nSPS) is 25.7. The van der Waals surface area contributed by atoms with E-state index >= 15 is 0 Å². The number of hydrogen-bond donors (Lipinski definition) is 2. The van der Waals surface area contributed by atoms with Crippen LogP contribution >= 0.6 is 11.8 Å². The number of carbonyl (C=O) groups excluding carboxylic acids is 1. The molecule has 2 atom stereocenters. The maximum atomic E-state index is 11.5. The summed E-state index contributed by atoms with van der Waals surface area (Å²) in [5, 5.41) is 6.64. The van der Waals surface area contributed by atoms with Crippen molar-refractivity contribution in [3.05, 3.63) is 18.2 Å². The number of benzene rings is 1. The molecule has 1 aromatic rings. The fourth-order valence-electron chi connectivity index (χ4n) is 3.34. The van der Waals surface area contributed by atoms with E-state index in [0.29, 0.717) is 11.8 Å². The van der Waals surface area contributed by atoms with E-state index in [2.05, 4.69) is 35.8 Å². The maximum absolute atomic E-state index is 11.5. The smallest absolute Gasteiger partial charge is 0.234 e. The fraction of sp³-hybridized carbons (Fsp3) is 0.588. The lowest BCUT2D eigenvalue weighted by molar-refractivity contribution is -0.113. The summed E-state index contributed by atoms with van der Waals surface area (Å²) in [4.78, 5) is 12.7. The maximum Gasteiger partial charge on any atom is 0.234 e. The van der Waals surface area contributed by atoms with Crippen LogP contribution in [0.2, 0.25) is 0 Å². The van der Waals surface area contributed by atoms with E-state index in [-0.39, 0.29) is 5.91 Å². The van der Waals surface area contributed by atoms with E-state index < -0.39 is 0 Å². The molecule has 0 saturated heterocycles. The van der Waals surface area contributed by atoms with Crippen molar-refractivity contribution < 1.29 is 4.79 Å². The Morgan fingerprint density at radius 3 is 3.05 bits per heavy atom. The first-order valence-corrected chi connectivity index (χ1v) is 9.06. The molecule has 114 valence electrons. The molecule has 1 heterocycles. The summed E-state index contributed by atoms with van der Waals surface area (Å²) >= 11 is 1.62. The monoisotopic (exact) mass is 304 g/mol. The molecule has 3 rings (SSSR count). The number of anilines is 2. The number of nitrogens with one attached hydrogen (secondary N) is 2. The van der Waals surface area contributed by atoms with E-state index in [9.17, 15) is 4.79 Å². The van der Waals surface area contributed by atoms with Crippen molar-refractivity contribution in [3.63, 3.8) is 0 Å². The summed E-state index contributed by atoms with van der Waals surface area (Å²) in [5.41, 5.74) is 2.10. The van der Waals surface area contributed by atoms with Gasteiger partial charge in [-0.15, -0.1) is 11.8 Å². The molecular formula is C17H24N2OS. The van der Waals surface area contributed by atoms with Crippen molar-refractivity contribution in [2.45, 2.75) is 56.4 Å². The van der Waals surface area contributed by atoms with Gasteiger partial charge >= 0.3 is 0 Å². The molecule has 21 heavy (non-hydrogen) atoms. The van der Waals surface area contributed by atoms with Gasteiger partial charge in [-0.3, -0.25) is 4.79 Å². The molecule has 2 N–H and O–H groups in total. The Morgan fingerprint density at radius 1 is 1.29 bits per heavy atom. The molecule has 2 unspecified atom stereocenters. The SMILES string of the molecule is CCC1CCCC(Nc2ccc3c(c2)NC(=O)CS3)CC1. The van der Waals surface area contributed by atoms with E-state index in [1.807, 2.05) is 0 Å². The van der Waals surface area contributed by atoms with Gasteiger partial charge < -0.3 is 10.6 Å². The molecule has 1 fully saturated rings. The third-order valence-electron chi connectivity index (χ3n) is 4.65. The summed E-state index contributed by atoms with van der Waals surface area (Å²) in [6.07, 6.45) is 7.88. The second kappa shape index (κ2) is 6.73. The van der Waals surface area contributed by atoms with Crippen LogP contribution in [0.4, 0.5) is 11.4 Å². The van der Waals surface area contributed by atoms with Crippen LogP contribution < -0.4 is 10.6 Å². The average Bonchev–Trinajstić information content (AvgIpc) is 2.72. The average molecular weight is 304 g/mol. The van der Waals surface area contributed by atoms with Gasteiger partial charge in [0.05, 0.1) is 11.4 Å². The van der Waals surface area contributed by atoms with Gasteiger partial charge in [-0.2, -0.15) is 0 Å². The van der Waals surface area contributed by atoms with Crippen molar-refractivity contribution in [2.24, 2.45) is 5.92 Å². The lowest BCUT2D eigenvalue weighted by Gasteiger charge is -2.21. The Kier molecular flexibility index (Phi) is 4.73. The number of hydrogen-bond acceptors (Lipinski definition) is 3. The highest BCUT2D eigenvalue weighted by Gasteiger charge is 2.19. The van der Waals surface area contributed by atoms with Gasteiger partial charge in [-0.1, -0.05) is 26.2 Å². The Balaban J connectivity index is 1.65. The fourth-order valence-corrected chi connectivity index (χ4v) is 4.13. The van der Waals surface area contributed by atoms with Crippen molar-refractivity contribution >= 4 is 29.0 Å². The number of rotatable bonds is 3. The van der Waals surface area contributed by atoms with Gasteiger partial charge in [0.15, 0.2) is 0 Å². The highest BCUT2D eigenvalue weighted by molar-refractivity contribution is 8.00. The lowest BCUT2D eigenvalue weighted by Crippen LogP contribution is -2.20. The minimum Gasteiger partial charge on any atom is -0.382 e. The number of amides is 1. The van der Waals surface area contributed by atoms with Crippen molar-refractivity contribution in [2.75, 3.05) is 16.4 Å². The summed E-state index contributed by atoms with van der Waals surface area (Å²) in [7, 11) is 0. The highest BCUT2D eigenvalue weighted by atomic mass is 32.2. The summed E-state index contributed by atoms with van der Waals surface area (Å²) < 4.78 is 0. The molecule has 1 aliphatic heterocycles. The van der Waals surface area contributed by atoms with Gasteiger partial charge in [-0.05, 0) is 43.4 Å². The zero-order valence-electron chi connectivity index (χ0n) is 12.7. The Hall–Kier alpha value is -1.16. The zero-order chi connectivity index (χ0) is 14.7. The minimum atomic E-state index is 0.102. The Bertz CT molecular complexity index is 518. The summed E-state index contributed by atoms with van der Waals surface area (Å²) in [6.45, 7) is 2.31. The Labute approximate surface area is 131 Å². The van der Waals surface area contributed by atoms with Crippen LogP contribution in [0.5, 0.6) is 0 Å². The van der Waals surface area contributed by atoms with Gasteiger partial charge in [-0.25, -0.2) is 0 Å². The topological polar surface area (TPSA) is 41.1 Å². The van der Waals surface area contributed by atoms with Crippen LogP contribution in [0.25, 0.3) is 0 Å². The van der Waals surface area contributed by atoms with Gasteiger partial charge in [0.1, 0.15) is 0 Å². The first kappa shape index (κ1) is 14.8. The molecular weight excluding hydrogens is 280 g/mol. The summed E-state index contributed by atoms with van der Waals surface area (Å²) in [5.74, 6) is 1.54. The van der Waals surface area contributed by atoms with Crippen LogP contribution in [-0.4, -0.2) is 17.7 Å². The second-order valence-electron chi connectivity index (χ2n) is 6.17. The molecule has 0 aromatic heterocycles. The summed E-state index contributed by atoms with van der Waals surface area (Å²) in [6, 6.07) is 6.92. The molecule has 0 bridgehead atoms. The first-order chi connectivity index (χ1) is 10.2. The van der Waals surface area contributed by atoms with Crippen LogP contribution in [-0.2, 0) is 4.79 Å². The standard InChI is InChI=1S/C17H24N2OS/c1-2-12-4-3-5-13(7-6-12)18-14-8-9-16-15(10-14)19-17(20)11-21-16/h8-10,12-13,18H,2-7,11H2,1H3,(H,19,20). The molecule has 0 spiro atoms. The van der Waals surface area contributed by atoms with Crippen LogP contribution in [0.15, 0.2) is 23.1 Å². The molecule has 1 aliphatic carbocycles. The van der Waals surface area contributed by atoms with E-state index in [0.717, 1.165) is 17.3 Å². The number of carbonyl (C=O) groups is 1. The third-order valence-corrected chi connectivity index (χ3v) is 5.72. The van der Waals surface area contributed by atoms with Crippen LogP contribution in [0.3, 0.4) is 0 Å². The zero-order valence-corrected chi connectivity index (χ0v) is 13.5. The van der Waals surface area contributed by atoms with Gasteiger partial charge in [0.25, 0.3) is 0 Å².